The van der Waals surface area contributed by atoms with Crippen LogP contribution in [0.25, 0.3) is 0 Å². The highest BCUT2D eigenvalue weighted by molar-refractivity contribution is 4.89. The summed E-state index contributed by atoms with van der Waals surface area (Å²) in [6, 6.07) is 0. The summed E-state index contributed by atoms with van der Waals surface area (Å²) in [6.45, 7) is 10.5. The summed E-state index contributed by atoms with van der Waals surface area (Å²) in [5.41, 5.74) is 0. The zero-order valence-electron chi connectivity index (χ0n) is 17.1. The minimum Gasteiger partial charge on any atom is -0.378 e. The summed E-state index contributed by atoms with van der Waals surface area (Å²) in [6.07, 6.45) is 17.6. The molecule has 0 bridgehead atoms. The van der Waals surface area contributed by atoms with Crippen molar-refractivity contribution >= 4 is 0 Å². The quantitative estimate of drug-likeness (QED) is 0.403. The predicted octanol–water partition coefficient (Wildman–Crippen LogP) is 7.24. The molecular formula is C23H44O. The molecule has 2 fully saturated rings. The standard InChI is InChI=1S/C23H44O/c1-5-7-9-10-20-11-13-21(14-12-20)22-15-16-23(19(4)18(22)3)24-17-8-6-2/h18-23H,5-17H2,1-4H3. The lowest BCUT2D eigenvalue weighted by atomic mass is 9.63. The van der Waals surface area contributed by atoms with E-state index in [4.69, 9.17) is 4.74 Å². The Kier molecular flexibility index (Phi) is 9.16. The second-order valence-corrected chi connectivity index (χ2v) is 9.00. The highest BCUT2D eigenvalue weighted by Gasteiger charge is 2.39. The molecule has 2 saturated carbocycles. The number of ether oxygens (including phenoxy) is 1. The van der Waals surface area contributed by atoms with Crippen LogP contribution < -0.4 is 0 Å². The molecule has 2 aliphatic rings. The van der Waals surface area contributed by atoms with Gasteiger partial charge < -0.3 is 4.74 Å². The van der Waals surface area contributed by atoms with Gasteiger partial charge in [-0.2, -0.15) is 0 Å². The molecule has 4 atom stereocenters. The van der Waals surface area contributed by atoms with Crippen LogP contribution in [0.1, 0.15) is 105 Å². The van der Waals surface area contributed by atoms with E-state index in [0.29, 0.717) is 6.10 Å². The summed E-state index contributed by atoms with van der Waals surface area (Å²) >= 11 is 0. The largest absolute Gasteiger partial charge is 0.378 e. The molecule has 0 radical (unpaired) electrons. The van der Waals surface area contributed by atoms with E-state index in [2.05, 4.69) is 27.7 Å². The fraction of sp³-hybridized carbons (Fsp3) is 1.00. The lowest BCUT2D eigenvalue weighted by Crippen LogP contribution is -2.40. The Balaban J connectivity index is 1.74. The van der Waals surface area contributed by atoms with Gasteiger partial charge in [-0.15, -0.1) is 0 Å². The van der Waals surface area contributed by atoms with Crippen molar-refractivity contribution in [1.82, 2.24) is 0 Å². The van der Waals surface area contributed by atoms with E-state index >= 15 is 0 Å². The van der Waals surface area contributed by atoms with E-state index in [-0.39, 0.29) is 0 Å². The van der Waals surface area contributed by atoms with E-state index in [1.54, 1.807) is 0 Å². The maximum Gasteiger partial charge on any atom is 0.0603 e. The second kappa shape index (κ2) is 10.8. The molecule has 0 aromatic carbocycles. The molecule has 1 nitrogen and oxygen atoms in total. The van der Waals surface area contributed by atoms with E-state index in [0.717, 1.165) is 36.2 Å². The van der Waals surface area contributed by atoms with Gasteiger partial charge >= 0.3 is 0 Å². The van der Waals surface area contributed by atoms with E-state index in [1.165, 1.54) is 77.0 Å². The highest BCUT2D eigenvalue weighted by atomic mass is 16.5. The third-order valence-electron chi connectivity index (χ3n) is 7.42. The van der Waals surface area contributed by atoms with Crippen LogP contribution in [-0.2, 0) is 4.74 Å². The maximum atomic E-state index is 6.21. The van der Waals surface area contributed by atoms with Crippen molar-refractivity contribution in [3.05, 3.63) is 0 Å². The van der Waals surface area contributed by atoms with Crippen molar-refractivity contribution < 1.29 is 4.74 Å². The molecule has 0 heterocycles. The molecule has 0 saturated heterocycles. The summed E-state index contributed by atoms with van der Waals surface area (Å²) in [5, 5.41) is 0. The molecule has 4 unspecified atom stereocenters. The van der Waals surface area contributed by atoms with Gasteiger partial charge in [0.2, 0.25) is 0 Å². The second-order valence-electron chi connectivity index (χ2n) is 9.00. The number of rotatable bonds is 9. The Hall–Kier alpha value is -0.0400. The molecule has 142 valence electrons. The fourth-order valence-electron chi connectivity index (χ4n) is 5.48. The van der Waals surface area contributed by atoms with Crippen LogP contribution >= 0.6 is 0 Å². The highest BCUT2D eigenvalue weighted by Crippen LogP contribution is 2.46. The average molecular weight is 337 g/mol. The first-order valence-electron chi connectivity index (χ1n) is 11.3. The lowest BCUT2D eigenvalue weighted by Gasteiger charge is -2.45. The van der Waals surface area contributed by atoms with Crippen LogP contribution in [0.2, 0.25) is 0 Å². The number of hydrogen-bond donors (Lipinski definition) is 0. The smallest absolute Gasteiger partial charge is 0.0603 e. The maximum absolute atomic E-state index is 6.21. The predicted molar refractivity (Wildman–Crippen MR) is 105 cm³/mol. The van der Waals surface area contributed by atoms with Gasteiger partial charge in [0, 0.05) is 6.61 Å². The first kappa shape index (κ1) is 20.3. The van der Waals surface area contributed by atoms with Gasteiger partial charge in [-0.25, -0.2) is 0 Å². The molecule has 24 heavy (non-hydrogen) atoms. The summed E-state index contributed by atoms with van der Waals surface area (Å²) in [4.78, 5) is 0. The molecule has 0 aromatic rings. The topological polar surface area (TPSA) is 9.23 Å². The Labute approximate surface area is 152 Å². The lowest BCUT2D eigenvalue weighted by molar-refractivity contribution is -0.0560. The van der Waals surface area contributed by atoms with Crippen molar-refractivity contribution in [1.29, 1.82) is 0 Å². The van der Waals surface area contributed by atoms with Gasteiger partial charge in [0.1, 0.15) is 0 Å². The molecule has 1 heteroatoms. The average Bonchev–Trinajstić information content (AvgIpc) is 2.60. The van der Waals surface area contributed by atoms with Crippen LogP contribution in [0.15, 0.2) is 0 Å². The van der Waals surface area contributed by atoms with Crippen LogP contribution in [-0.4, -0.2) is 12.7 Å². The minimum absolute atomic E-state index is 0.535. The van der Waals surface area contributed by atoms with Gasteiger partial charge in [-0.05, 0) is 61.7 Å². The van der Waals surface area contributed by atoms with Gasteiger partial charge in [0.25, 0.3) is 0 Å². The van der Waals surface area contributed by atoms with Crippen LogP contribution in [0, 0.1) is 29.6 Å². The monoisotopic (exact) mass is 336 g/mol. The van der Waals surface area contributed by atoms with Crippen molar-refractivity contribution in [3.8, 4) is 0 Å². The molecular weight excluding hydrogens is 292 g/mol. The van der Waals surface area contributed by atoms with Crippen molar-refractivity contribution in [2.75, 3.05) is 6.61 Å². The molecule has 0 N–H and O–H groups in total. The van der Waals surface area contributed by atoms with Crippen molar-refractivity contribution in [2.24, 2.45) is 29.6 Å². The van der Waals surface area contributed by atoms with Crippen LogP contribution in [0.3, 0.4) is 0 Å². The molecule has 2 rings (SSSR count). The van der Waals surface area contributed by atoms with Gasteiger partial charge in [-0.3, -0.25) is 0 Å². The number of unbranched alkanes of at least 4 members (excludes halogenated alkanes) is 3. The first-order chi connectivity index (χ1) is 11.7. The SMILES string of the molecule is CCCCCC1CCC(C2CCC(OCCCC)C(C)C2C)CC1. The van der Waals surface area contributed by atoms with Gasteiger partial charge in [0.15, 0.2) is 0 Å². The molecule has 0 aromatic heterocycles. The van der Waals surface area contributed by atoms with E-state index in [9.17, 15) is 0 Å². The normalized spacial score (nSPS) is 37.5. The summed E-state index contributed by atoms with van der Waals surface area (Å²) in [7, 11) is 0. The third-order valence-corrected chi connectivity index (χ3v) is 7.42. The Morgan fingerprint density at radius 3 is 2.12 bits per heavy atom. The van der Waals surface area contributed by atoms with Crippen LogP contribution in [0.5, 0.6) is 0 Å². The van der Waals surface area contributed by atoms with Crippen molar-refractivity contribution in [2.45, 2.75) is 111 Å². The zero-order valence-corrected chi connectivity index (χ0v) is 17.1. The Morgan fingerprint density at radius 2 is 1.46 bits per heavy atom. The molecule has 0 aliphatic heterocycles. The molecule has 0 amide bonds. The van der Waals surface area contributed by atoms with Crippen LogP contribution in [0.4, 0.5) is 0 Å². The fourth-order valence-corrected chi connectivity index (χ4v) is 5.48. The van der Waals surface area contributed by atoms with Gasteiger partial charge in [-0.1, -0.05) is 72.6 Å². The Bertz CT molecular complexity index is 318. The van der Waals surface area contributed by atoms with Crippen molar-refractivity contribution in [3.63, 3.8) is 0 Å². The number of hydrogen-bond acceptors (Lipinski definition) is 1. The Morgan fingerprint density at radius 1 is 0.750 bits per heavy atom. The van der Waals surface area contributed by atoms with E-state index < -0.39 is 0 Å². The van der Waals surface area contributed by atoms with E-state index in [1.807, 2.05) is 0 Å². The van der Waals surface area contributed by atoms with Gasteiger partial charge in [0.05, 0.1) is 6.10 Å². The first-order valence-corrected chi connectivity index (χ1v) is 11.3. The zero-order chi connectivity index (χ0) is 17.4. The third kappa shape index (κ3) is 5.75. The molecule has 2 aliphatic carbocycles. The molecule has 0 spiro atoms. The summed E-state index contributed by atoms with van der Waals surface area (Å²) < 4.78 is 6.21. The summed E-state index contributed by atoms with van der Waals surface area (Å²) in [5.74, 6) is 4.65. The minimum atomic E-state index is 0.535.